The van der Waals surface area contributed by atoms with Crippen LogP contribution in [-0.2, 0) is 4.74 Å². The Morgan fingerprint density at radius 3 is 2.39 bits per heavy atom. The average Bonchev–Trinajstić information content (AvgIpc) is 2.49. The van der Waals surface area contributed by atoms with E-state index in [1.807, 2.05) is 38.1 Å². The van der Waals surface area contributed by atoms with Gasteiger partial charge < -0.3 is 10.1 Å². The van der Waals surface area contributed by atoms with E-state index in [9.17, 15) is 0 Å². The van der Waals surface area contributed by atoms with Gasteiger partial charge in [0.1, 0.15) is 0 Å². The van der Waals surface area contributed by atoms with Crippen molar-refractivity contribution in [1.29, 1.82) is 0 Å². The number of halogens is 3. The zero-order chi connectivity index (χ0) is 17.5. The molecule has 0 spiro atoms. The molecule has 1 unspecified atom stereocenters. The molecule has 0 amide bonds. The summed E-state index contributed by atoms with van der Waals surface area (Å²) in [6, 6.07) is 7.64. The summed E-state index contributed by atoms with van der Waals surface area (Å²) in [6.45, 7) is 4.58. The highest BCUT2D eigenvalue weighted by Crippen LogP contribution is 2.31. The van der Waals surface area contributed by atoms with Crippen LogP contribution in [-0.4, -0.2) is 34.6 Å². The fourth-order valence-electron chi connectivity index (χ4n) is 1.57. The third-order valence-electron chi connectivity index (χ3n) is 2.69. The minimum atomic E-state index is -1.72. The Bertz CT molecular complexity index is 546. The molecule has 1 rings (SSSR count). The molecule has 0 saturated carbocycles. The van der Waals surface area contributed by atoms with Crippen LogP contribution in [0.3, 0.4) is 0 Å². The van der Waals surface area contributed by atoms with Crippen molar-refractivity contribution in [3.8, 4) is 0 Å². The third kappa shape index (κ3) is 7.10. The molecule has 0 aliphatic heterocycles. The zero-order valence-electron chi connectivity index (χ0n) is 13.0. The van der Waals surface area contributed by atoms with Crippen molar-refractivity contribution in [3.63, 3.8) is 0 Å². The lowest BCUT2D eigenvalue weighted by Crippen LogP contribution is -2.51. The van der Waals surface area contributed by atoms with E-state index in [0.717, 1.165) is 11.1 Å². The van der Waals surface area contributed by atoms with E-state index in [1.54, 1.807) is 0 Å². The quantitative estimate of drug-likeness (QED) is 0.234. The molecule has 0 radical (unpaired) electrons. The van der Waals surface area contributed by atoms with Gasteiger partial charge in [-0.3, -0.25) is 5.43 Å². The van der Waals surface area contributed by atoms with Crippen LogP contribution in [0.5, 0.6) is 0 Å². The number of alkyl halides is 3. The standard InChI is InChI=1S/C14H19Cl3N4OS/c1-4-18-21-13(23)20-12(14(15,16)17)19-11(22-3)10-7-5-9(2)6-8-10/h5-8,12,18H,4H2,1-3H3,(H2,20,21,23)/b19-11-. The first-order chi connectivity index (χ1) is 10.8. The SMILES string of the molecule is CCNNC(=S)NC(/N=C(\OC)c1ccc(C)cc1)C(Cl)(Cl)Cl. The topological polar surface area (TPSA) is 57.7 Å². The molecule has 128 valence electrons. The summed E-state index contributed by atoms with van der Waals surface area (Å²) < 4.78 is 3.60. The highest BCUT2D eigenvalue weighted by Gasteiger charge is 2.34. The van der Waals surface area contributed by atoms with Gasteiger partial charge in [0, 0.05) is 12.1 Å². The Hall–Kier alpha value is -0.790. The molecule has 1 aromatic rings. The predicted molar refractivity (Wildman–Crippen MR) is 101 cm³/mol. The van der Waals surface area contributed by atoms with Crippen molar-refractivity contribution in [2.75, 3.05) is 13.7 Å². The van der Waals surface area contributed by atoms with Gasteiger partial charge in [0.15, 0.2) is 11.3 Å². The molecule has 0 fully saturated rings. The maximum atomic E-state index is 5.99. The molecule has 0 aliphatic rings. The van der Waals surface area contributed by atoms with Gasteiger partial charge in [0.05, 0.1) is 7.11 Å². The second-order valence-electron chi connectivity index (χ2n) is 4.58. The van der Waals surface area contributed by atoms with Crippen LogP contribution in [0.4, 0.5) is 0 Å². The van der Waals surface area contributed by atoms with Gasteiger partial charge in [0.2, 0.25) is 9.69 Å². The Kier molecular flexibility index (Phi) is 8.36. The summed E-state index contributed by atoms with van der Waals surface area (Å²) in [6.07, 6.45) is -0.928. The number of rotatable bonds is 5. The summed E-state index contributed by atoms with van der Waals surface area (Å²) in [7, 11) is 1.50. The first-order valence-corrected chi connectivity index (χ1v) is 8.37. The Morgan fingerprint density at radius 1 is 1.30 bits per heavy atom. The van der Waals surface area contributed by atoms with Gasteiger partial charge in [-0.25, -0.2) is 10.4 Å². The van der Waals surface area contributed by atoms with Crippen molar-refractivity contribution in [1.82, 2.24) is 16.2 Å². The van der Waals surface area contributed by atoms with Crippen LogP contribution in [0, 0.1) is 6.92 Å². The number of hydrogen-bond acceptors (Lipinski definition) is 4. The Morgan fingerprint density at radius 2 is 1.91 bits per heavy atom. The van der Waals surface area contributed by atoms with Gasteiger partial charge in [-0.15, -0.1) is 0 Å². The van der Waals surface area contributed by atoms with Gasteiger partial charge in [-0.1, -0.05) is 59.4 Å². The fourth-order valence-corrected chi connectivity index (χ4v) is 2.07. The van der Waals surface area contributed by atoms with E-state index in [2.05, 4.69) is 21.2 Å². The molecule has 0 aliphatic carbocycles. The second-order valence-corrected chi connectivity index (χ2v) is 7.35. The maximum absolute atomic E-state index is 5.99. The average molecular weight is 398 g/mol. The number of nitrogens with one attached hydrogen (secondary N) is 3. The summed E-state index contributed by atoms with van der Waals surface area (Å²) in [5.41, 5.74) is 7.49. The van der Waals surface area contributed by atoms with Crippen molar-refractivity contribution < 1.29 is 4.74 Å². The van der Waals surface area contributed by atoms with Gasteiger partial charge >= 0.3 is 0 Å². The van der Waals surface area contributed by atoms with E-state index in [4.69, 9.17) is 51.8 Å². The normalized spacial score (nSPS) is 13.4. The lowest BCUT2D eigenvalue weighted by molar-refractivity contribution is 0.397. The summed E-state index contributed by atoms with van der Waals surface area (Å²) in [5.74, 6) is 0.333. The molecular formula is C14H19Cl3N4OS. The molecule has 1 atom stereocenters. The molecule has 0 heterocycles. The van der Waals surface area contributed by atoms with E-state index >= 15 is 0 Å². The second kappa shape index (κ2) is 9.49. The molecule has 1 aromatic carbocycles. The number of hydrazine groups is 1. The third-order valence-corrected chi connectivity index (χ3v) is 3.53. The molecule has 5 nitrogen and oxygen atoms in total. The number of thiocarbonyl (C=S) groups is 1. The van der Waals surface area contributed by atoms with Crippen molar-refractivity contribution in [3.05, 3.63) is 35.4 Å². The number of aliphatic imine (C=N–C) groups is 1. The van der Waals surface area contributed by atoms with Crippen LogP contribution in [0.25, 0.3) is 0 Å². The molecule has 9 heteroatoms. The number of benzene rings is 1. The van der Waals surface area contributed by atoms with Gasteiger partial charge in [-0.05, 0) is 31.3 Å². The first-order valence-electron chi connectivity index (χ1n) is 6.82. The minimum absolute atomic E-state index is 0.256. The number of methoxy groups -OCH3 is 1. The Labute approximate surface area is 156 Å². The first kappa shape index (κ1) is 20.3. The molecule has 3 N–H and O–H groups in total. The largest absolute Gasteiger partial charge is 0.481 e. The van der Waals surface area contributed by atoms with E-state index in [0.29, 0.717) is 12.4 Å². The number of aryl methyl sites for hydroxylation is 1. The highest BCUT2D eigenvalue weighted by molar-refractivity contribution is 7.80. The van der Waals surface area contributed by atoms with Crippen LogP contribution in [0.2, 0.25) is 0 Å². The summed E-state index contributed by atoms with van der Waals surface area (Å²) in [4.78, 5) is 4.35. The molecule has 23 heavy (non-hydrogen) atoms. The maximum Gasteiger partial charge on any atom is 0.230 e. The van der Waals surface area contributed by atoms with Crippen molar-refractivity contribution in [2.24, 2.45) is 4.99 Å². The monoisotopic (exact) mass is 396 g/mol. The van der Waals surface area contributed by atoms with E-state index in [-0.39, 0.29) is 5.11 Å². The van der Waals surface area contributed by atoms with Gasteiger partial charge in [-0.2, -0.15) is 0 Å². The molecule has 0 saturated heterocycles. The minimum Gasteiger partial charge on any atom is -0.481 e. The van der Waals surface area contributed by atoms with Crippen LogP contribution >= 0.6 is 47.0 Å². The predicted octanol–water partition coefficient (Wildman–Crippen LogP) is 3.07. The number of nitrogens with zero attached hydrogens (tertiary/aromatic N) is 1. The molecule has 0 aromatic heterocycles. The fraction of sp³-hybridized carbons (Fsp3) is 0.429. The van der Waals surface area contributed by atoms with Gasteiger partial charge in [0.25, 0.3) is 0 Å². The summed E-state index contributed by atoms with van der Waals surface area (Å²) in [5, 5.41) is 3.09. The molecule has 0 bridgehead atoms. The van der Waals surface area contributed by atoms with Crippen LogP contribution in [0.15, 0.2) is 29.3 Å². The zero-order valence-corrected chi connectivity index (χ0v) is 16.1. The smallest absolute Gasteiger partial charge is 0.230 e. The number of hydrogen-bond donors (Lipinski definition) is 3. The number of ether oxygens (including phenoxy) is 1. The lowest BCUT2D eigenvalue weighted by Gasteiger charge is -2.24. The van der Waals surface area contributed by atoms with Crippen LogP contribution < -0.4 is 16.2 Å². The van der Waals surface area contributed by atoms with Crippen molar-refractivity contribution >= 4 is 58.0 Å². The van der Waals surface area contributed by atoms with E-state index < -0.39 is 9.96 Å². The van der Waals surface area contributed by atoms with Crippen molar-refractivity contribution in [2.45, 2.75) is 23.8 Å². The van der Waals surface area contributed by atoms with E-state index in [1.165, 1.54) is 7.11 Å². The summed E-state index contributed by atoms with van der Waals surface area (Å²) >= 11 is 23.1. The highest BCUT2D eigenvalue weighted by atomic mass is 35.6. The molecular weight excluding hydrogens is 379 g/mol. The lowest BCUT2D eigenvalue weighted by atomic mass is 10.1. The van der Waals surface area contributed by atoms with Crippen LogP contribution in [0.1, 0.15) is 18.1 Å². The Balaban J connectivity index is 3.00.